The van der Waals surface area contributed by atoms with Gasteiger partial charge in [-0.05, 0) is 65.7 Å². The van der Waals surface area contributed by atoms with Crippen molar-refractivity contribution in [2.45, 2.75) is 32.2 Å². The second kappa shape index (κ2) is 13.0. The highest BCUT2D eigenvalue weighted by atomic mass is 35.5. The molecule has 2 atom stereocenters. The van der Waals surface area contributed by atoms with Gasteiger partial charge in [0.25, 0.3) is 0 Å². The topological polar surface area (TPSA) is 169 Å². The number of nitrogens with zero attached hydrogens (tertiary/aromatic N) is 5. The molecule has 1 aliphatic rings. The van der Waals surface area contributed by atoms with Gasteiger partial charge in [-0.2, -0.15) is 4.68 Å². The third-order valence-electron chi connectivity index (χ3n) is 6.87. The van der Waals surface area contributed by atoms with Gasteiger partial charge >= 0.3 is 6.09 Å². The quantitative estimate of drug-likeness (QED) is 0.221. The molecule has 0 saturated heterocycles. The number of anilines is 2. The Morgan fingerprint density at radius 2 is 2.00 bits per heavy atom. The van der Waals surface area contributed by atoms with Gasteiger partial charge in [0.2, 0.25) is 11.8 Å². The number of H-pyrrole nitrogens is 1. The van der Waals surface area contributed by atoms with E-state index in [9.17, 15) is 14.4 Å². The van der Waals surface area contributed by atoms with Crippen molar-refractivity contribution in [3.05, 3.63) is 70.4 Å². The maximum absolute atomic E-state index is 13.1. The summed E-state index contributed by atoms with van der Waals surface area (Å²) in [7, 11) is 1.26. The number of nitrogens with one attached hydrogen (secondary N) is 4. The molecule has 3 heterocycles. The van der Waals surface area contributed by atoms with Crippen LogP contribution in [0, 0.1) is 5.92 Å². The van der Waals surface area contributed by atoms with E-state index >= 15 is 0 Å². The Labute approximate surface area is 256 Å². The molecule has 0 unspecified atom stereocenters. The number of hydrogen-bond acceptors (Lipinski definition) is 8. The van der Waals surface area contributed by atoms with Gasteiger partial charge in [-0.25, -0.2) is 9.78 Å². The summed E-state index contributed by atoms with van der Waals surface area (Å²) in [5.41, 5.74) is 3.01. The molecular weight excluding hydrogens is 597 g/mol. The minimum absolute atomic E-state index is 0.202. The molecule has 0 spiro atoms. The van der Waals surface area contributed by atoms with E-state index in [1.807, 2.05) is 6.92 Å². The molecule has 5 rings (SSSR count). The number of ether oxygens (including phenoxy) is 1. The summed E-state index contributed by atoms with van der Waals surface area (Å²) >= 11 is 12.8. The lowest BCUT2D eigenvalue weighted by Crippen LogP contribution is -2.28. The Morgan fingerprint density at radius 3 is 2.77 bits per heavy atom. The first-order chi connectivity index (χ1) is 20.7. The lowest BCUT2D eigenvalue weighted by atomic mass is 9.99. The first kappa shape index (κ1) is 29.7. The van der Waals surface area contributed by atoms with Gasteiger partial charge < -0.3 is 20.4 Å². The number of tetrazole rings is 1. The number of aromatic amines is 1. The van der Waals surface area contributed by atoms with Crippen LogP contribution in [0.5, 0.6) is 0 Å². The fraction of sp³-hybridized carbons (Fsp3) is 0.250. The molecule has 15 heteroatoms. The highest BCUT2D eigenvalue weighted by molar-refractivity contribution is 6.32. The van der Waals surface area contributed by atoms with Gasteiger partial charge in [0.15, 0.2) is 0 Å². The number of benzene rings is 2. The van der Waals surface area contributed by atoms with E-state index in [0.717, 1.165) is 0 Å². The van der Waals surface area contributed by atoms with Crippen molar-refractivity contribution >= 4 is 58.6 Å². The van der Waals surface area contributed by atoms with Gasteiger partial charge in [-0.15, -0.1) is 5.10 Å². The third kappa shape index (κ3) is 7.01. The Balaban J connectivity index is 1.44. The number of methoxy groups -OCH3 is 1. The number of fused-ring (bicyclic) bond motifs is 4. The van der Waals surface area contributed by atoms with E-state index in [-0.39, 0.29) is 22.9 Å². The van der Waals surface area contributed by atoms with Crippen LogP contribution in [0.3, 0.4) is 0 Å². The predicted octanol–water partition coefficient (Wildman–Crippen LogP) is 5.17. The largest absolute Gasteiger partial charge is 0.453 e. The number of halogens is 2. The zero-order valence-electron chi connectivity index (χ0n) is 23.1. The average molecular weight is 624 g/mol. The molecule has 0 fully saturated rings. The Bertz CT molecular complexity index is 1690. The number of carbonyl (C=O) groups excluding carboxylic acids is 3. The van der Waals surface area contributed by atoms with Crippen LogP contribution >= 0.6 is 23.2 Å². The monoisotopic (exact) mass is 623 g/mol. The summed E-state index contributed by atoms with van der Waals surface area (Å²) in [6.07, 6.45) is 5.48. The summed E-state index contributed by atoms with van der Waals surface area (Å²) in [4.78, 5) is 45.8. The number of rotatable bonds is 5. The van der Waals surface area contributed by atoms with Gasteiger partial charge in [0.1, 0.15) is 23.0 Å². The average Bonchev–Trinajstić information content (AvgIpc) is 3.65. The third-order valence-corrected chi connectivity index (χ3v) is 7.37. The Kier molecular flexibility index (Phi) is 9.02. The molecule has 2 bridgehead atoms. The van der Waals surface area contributed by atoms with Gasteiger partial charge in [-0.3, -0.25) is 14.9 Å². The van der Waals surface area contributed by atoms with Gasteiger partial charge in [0.05, 0.1) is 24.5 Å². The van der Waals surface area contributed by atoms with Crippen LogP contribution in [-0.2, 0) is 14.3 Å². The SMILES string of the molecule is COC(=O)Nc1ccc2c(c1)NC(=O)[C@H](C)CCC[C@H](NC(=O)/C=C/c1cc(Cl)ccc1-n1cnnn1)c1nc-2c(Cl)[nH]1. The Morgan fingerprint density at radius 1 is 1.16 bits per heavy atom. The zero-order chi connectivity index (χ0) is 30.5. The smallest absolute Gasteiger partial charge is 0.411 e. The second-order valence-electron chi connectivity index (χ2n) is 9.83. The summed E-state index contributed by atoms with van der Waals surface area (Å²) in [5.74, 6) is -0.447. The van der Waals surface area contributed by atoms with Gasteiger partial charge in [0, 0.05) is 33.8 Å². The summed E-state index contributed by atoms with van der Waals surface area (Å²) in [6.45, 7) is 1.83. The number of imidazole rings is 1. The van der Waals surface area contributed by atoms with Crippen molar-refractivity contribution in [3.8, 4) is 16.9 Å². The highest BCUT2D eigenvalue weighted by Gasteiger charge is 2.25. The molecular formula is C28H27Cl2N9O4. The highest BCUT2D eigenvalue weighted by Crippen LogP contribution is 2.36. The van der Waals surface area contributed by atoms with E-state index in [1.165, 1.54) is 24.2 Å². The van der Waals surface area contributed by atoms with Crippen molar-refractivity contribution in [2.24, 2.45) is 5.92 Å². The molecule has 4 aromatic rings. The van der Waals surface area contributed by atoms with E-state index in [4.69, 9.17) is 28.2 Å². The van der Waals surface area contributed by atoms with E-state index < -0.39 is 12.1 Å². The summed E-state index contributed by atoms with van der Waals surface area (Å²) in [5, 5.41) is 20.5. The van der Waals surface area contributed by atoms with Crippen molar-refractivity contribution in [3.63, 3.8) is 0 Å². The van der Waals surface area contributed by atoms with Crippen molar-refractivity contribution in [1.29, 1.82) is 0 Å². The van der Waals surface area contributed by atoms with Crippen molar-refractivity contribution in [2.75, 3.05) is 17.7 Å². The molecule has 3 amide bonds. The van der Waals surface area contributed by atoms with E-state index in [0.29, 0.717) is 64.0 Å². The maximum Gasteiger partial charge on any atom is 0.411 e. The molecule has 2 aromatic heterocycles. The minimum Gasteiger partial charge on any atom is -0.453 e. The molecule has 4 N–H and O–H groups in total. The number of aromatic nitrogens is 6. The number of carbonyl (C=O) groups is 3. The van der Waals surface area contributed by atoms with Crippen LogP contribution in [0.1, 0.15) is 43.6 Å². The van der Waals surface area contributed by atoms with Crippen LogP contribution in [0.15, 0.2) is 48.8 Å². The van der Waals surface area contributed by atoms with Crippen LogP contribution in [-0.4, -0.2) is 55.2 Å². The fourth-order valence-electron chi connectivity index (χ4n) is 4.63. The van der Waals surface area contributed by atoms with Crippen LogP contribution < -0.4 is 16.0 Å². The summed E-state index contributed by atoms with van der Waals surface area (Å²) in [6, 6.07) is 9.57. The maximum atomic E-state index is 13.1. The zero-order valence-corrected chi connectivity index (χ0v) is 24.6. The van der Waals surface area contributed by atoms with Crippen LogP contribution in [0.2, 0.25) is 10.2 Å². The lowest BCUT2D eigenvalue weighted by molar-refractivity contribution is -0.120. The van der Waals surface area contributed by atoms with E-state index in [1.54, 1.807) is 42.5 Å². The molecule has 0 aliphatic carbocycles. The Hall–Kier alpha value is -4.75. The predicted molar refractivity (Wildman–Crippen MR) is 161 cm³/mol. The molecule has 0 saturated carbocycles. The molecule has 222 valence electrons. The first-order valence-corrected chi connectivity index (χ1v) is 14.0. The molecule has 13 nitrogen and oxygen atoms in total. The standard InChI is InChI=1S/C28H27Cl2N9O4/c1-15-4-3-5-20(33-23(40)11-6-16-12-17(29)7-10-22(16)39-14-31-37-38-39)26-35-24(25(30)36-26)19-9-8-18(32-28(42)43-2)13-21(19)34-27(15)41/h6-15,20H,3-5H2,1-2H3,(H,32,42)(H,33,40)(H,34,41)(H,35,36)/b11-6+/t15-,20+/m1/s1. The van der Waals surface area contributed by atoms with Crippen molar-refractivity contribution in [1.82, 2.24) is 35.5 Å². The molecule has 2 aromatic carbocycles. The minimum atomic E-state index is -0.650. The lowest BCUT2D eigenvalue weighted by Gasteiger charge is -2.19. The van der Waals surface area contributed by atoms with Crippen molar-refractivity contribution < 1.29 is 19.1 Å². The van der Waals surface area contributed by atoms with Crippen LogP contribution in [0.25, 0.3) is 23.0 Å². The van der Waals surface area contributed by atoms with Gasteiger partial charge in [-0.1, -0.05) is 36.5 Å². The van der Waals surface area contributed by atoms with E-state index in [2.05, 4.69) is 41.2 Å². The molecule has 43 heavy (non-hydrogen) atoms. The first-order valence-electron chi connectivity index (χ1n) is 13.3. The number of hydrogen-bond donors (Lipinski definition) is 4. The second-order valence-corrected chi connectivity index (χ2v) is 10.6. The number of amides is 3. The summed E-state index contributed by atoms with van der Waals surface area (Å²) < 4.78 is 6.14. The molecule has 1 aliphatic heterocycles. The molecule has 0 radical (unpaired) electrons. The normalized spacial score (nSPS) is 16.9. The van der Waals surface area contributed by atoms with Crippen LogP contribution in [0.4, 0.5) is 16.2 Å². The fourth-order valence-corrected chi connectivity index (χ4v) is 5.05.